The highest BCUT2D eigenvalue weighted by Crippen LogP contribution is 2.42. The van der Waals surface area contributed by atoms with Crippen molar-refractivity contribution < 1.29 is 23.8 Å². The smallest absolute Gasteiger partial charge is 0.255 e. The van der Waals surface area contributed by atoms with Gasteiger partial charge in [0.25, 0.3) is 11.8 Å². The fourth-order valence-corrected chi connectivity index (χ4v) is 4.92. The highest BCUT2D eigenvalue weighted by atomic mass is 16.5. The number of carbonyl (C=O) groups is 2. The number of anilines is 2. The monoisotopic (exact) mass is 516 g/mol. The number of hydrogen-bond donors (Lipinski definition) is 3. The first-order valence-electron chi connectivity index (χ1n) is 12.7. The van der Waals surface area contributed by atoms with Gasteiger partial charge in [-0.25, -0.2) is 0 Å². The molecule has 2 amide bonds. The van der Waals surface area contributed by atoms with Crippen LogP contribution in [0.3, 0.4) is 0 Å². The van der Waals surface area contributed by atoms with Gasteiger partial charge in [0.1, 0.15) is 0 Å². The van der Waals surface area contributed by atoms with Crippen molar-refractivity contribution in [1.29, 1.82) is 0 Å². The minimum Gasteiger partial charge on any atom is -0.493 e. The normalized spacial score (nSPS) is 14.9. The molecule has 9 nitrogen and oxygen atoms in total. The number of carbonyl (C=O) groups excluding carboxylic acids is 2. The Morgan fingerprint density at radius 1 is 1.00 bits per heavy atom. The maximum absolute atomic E-state index is 13.1. The number of hydrogen-bond acceptors (Lipinski definition) is 7. The molecule has 1 saturated heterocycles. The highest BCUT2D eigenvalue weighted by Gasteiger charge is 2.28. The van der Waals surface area contributed by atoms with E-state index in [1.807, 2.05) is 36.4 Å². The molecule has 0 atom stereocenters. The fourth-order valence-electron chi connectivity index (χ4n) is 4.92. The van der Waals surface area contributed by atoms with E-state index in [9.17, 15) is 9.59 Å². The summed E-state index contributed by atoms with van der Waals surface area (Å²) in [5, 5.41) is 9.21. The zero-order valence-corrected chi connectivity index (χ0v) is 21.6. The van der Waals surface area contributed by atoms with Gasteiger partial charge < -0.3 is 30.2 Å². The molecule has 198 valence electrons. The van der Waals surface area contributed by atoms with Crippen LogP contribution in [0.2, 0.25) is 0 Å². The minimum atomic E-state index is -0.279. The van der Waals surface area contributed by atoms with Crippen LogP contribution in [0.15, 0.2) is 54.6 Å². The van der Waals surface area contributed by atoms with Gasteiger partial charge >= 0.3 is 0 Å². The fraction of sp³-hybridized carbons (Fsp3) is 0.310. The Bertz CT molecular complexity index is 1320. The number of amides is 2. The zero-order chi connectivity index (χ0) is 26.5. The van der Waals surface area contributed by atoms with Crippen molar-refractivity contribution in [2.75, 3.05) is 64.2 Å². The van der Waals surface area contributed by atoms with E-state index in [4.69, 9.17) is 14.2 Å². The molecule has 0 spiro atoms. The Balaban J connectivity index is 1.30. The second-order valence-corrected chi connectivity index (χ2v) is 9.15. The molecule has 0 bridgehead atoms. The third-order valence-electron chi connectivity index (χ3n) is 6.91. The van der Waals surface area contributed by atoms with Crippen LogP contribution in [0.1, 0.15) is 26.3 Å². The summed E-state index contributed by atoms with van der Waals surface area (Å²) in [6, 6.07) is 16.6. The maximum Gasteiger partial charge on any atom is 0.255 e. The summed E-state index contributed by atoms with van der Waals surface area (Å²) >= 11 is 0. The molecule has 2 aliphatic rings. The van der Waals surface area contributed by atoms with Crippen LogP contribution >= 0.6 is 0 Å². The second kappa shape index (κ2) is 11.5. The molecular formula is C29H32N4O5. The van der Waals surface area contributed by atoms with E-state index in [2.05, 4.69) is 20.9 Å². The molecule has 0 unspecified atom stereocenters. The Morgan fingerprint density at radius 2 is 1.79 bits per heavy atom. The third-order valence-corrected chi connectivity index (χ3v) is 6.91. The molecule has 0 saturated carbocycles. The molecule has 3 N–H and O–H groups in total. The Morgan fingerprint density at radius 3 is 2.53 bits per heavy atom. The van der Waals surface area contributed by atoms with Crippen LogP contribution in [-0.2, 0) is 11.3 Å². The van der Waals surface area contributed by atoms with E-state index in [1.54, 1.807) is 32.4 Å². The number of nitrogens with one attached hydrogen (secondary N) is 3. The largest absolute Gasteiger partial charge is 0.493 e. The van der Waals surface area contributed by atoms with Gasteiger partial charge in [0.15, 0.2) is 11.5 Å². The third kappa shape index (κ3) is 5.29. The first kappa shape index (κ1) is 25.6. The summed E-state index contributed by atoms with van der Waals surface area (Å²) in [6.07, 6.45) is 0. The molecule has 2 heterocycles. The molecule has 1 fully saturated rings. The molecule has 0 aromatic heterocycles. The van der Waals surface area contributed by atoms with Crippen LogP contribution in [0.5, 0.6) is 11.5 Å². The van der Waals surface area contributed by atoms with Crippen LogP contribution in [0, 0.1) is 0 Å². The van der Waals surface area contributed by atoms with E-state index in [0.29, 0.717) is 34.9 Å². The number of fused-ring (bicyclic) bond motifs is 1. The van der Waals surface area contributed by atoms with E-state index in [1.165, 1.54) is 0 Å². The maximum atomic E-state index is 13.1. The van der Waals surface area contributed by atoms with Gasteiger partial charge in [-0.3, -0.25) is 14.5 Å². The molecule has 9 heteroatoms. The molecule has 2 aliphatic heterocycles. The van der Waals surface area contributed by atoms with Gasteiger partial charge in [-0.1, -0.05) is 18.2 Å². The SMILES string of the molecule is COc1cccc(-c2ccc(NC(=O)c3ccc(NCCN4CCOCC4)cc3)c3c2CNC3=O)c1OC. The number of morpholine rings is 1. The van der Waals surface area contributed by atoms with Crippen LogP contribution in [0.4, 0.5) is 11.4 Å². The first-order valence-corrected chi connectivity index (χ1v) is 12.7. The molecule has 0 radical (unpaired) electrons. The van der Waals surface area contributed by atoms with E-state index >= 15 is 0 Å². The molecule has 3 aromatic carbocycles. The Labute approximate surface area is 222 Å². The van der Waals surface area contributed by atoms with Crippen molar-refractivity contribution in [3.63, 3.8) is 0 Å². The van der Waals surface area contributed by atoms with Crippen molar-refractivity contribution in [1.82, 2.24) is 10.2 Å². The first-order chi connectivity index (χ1) is 18.6. The van der Waals surface area contributed by atoms with E-state index in [-0.39, 0.29) is 11.8 Å². The predicted molar refractivity (Wildman–Crippen MR) is 146 cm³/mol. The van der Waals surface area contributed by atoms with Crippen molar-refractivity contribution in [2.24, 2.45) is 0 Å². The van der Waals surface area contributed by atoms with Gasteiger partial charge in [-0.2, -0.15) is 0 Å². The van der Waals surface area contributed by atoms with Crippen LogP contribution in [-0.4, -0.2) is 70.3 Å². The quantitative estimate of drug-likeness (QED) is 0.399. The lowest BCUT2D eigenvalue weighted by Crippen LogP contribution is -2.39. The number of nitrogens with zero attached hydrogens (tertiary/aromatic N) is 1. The van der Waals surface area contributed by atoms with Crippen molar-refractivity contribution >= 4 is 23.2 Å². The molecule has 5 rings (SSSR count). The van der Waals surface area contributed by atoms with Gasteiger partial charge in [-0.15, -0.1) is 0 Å². The molecule has 3 aromatic rings. The van der Waals surface area contributed by atoms with E-state index in [0.717, 1.165) is 61.8 Å². The average Bonchev–Trinajstić information content (AvgIpc) is 3.35. The lowest BCUT2D eigenvalue weighted by Gasteiger charge is -2.26. The van der Waals surface area contributed by atoms with Crippen LogP contribution < -0.4 is 25.4 Å². The lowest BCUT2D eigenvalue weighted by molar-refractivity contribution is 0.0398. The van der Waals surface area contributed by atoms with Crippen molar-refractivity contribution in [3.05, 3.63) is 71.3 Å². The summed E-state index contributed by atoms with van der Waals surface area (Å²) in [4.78, 5) is 28.2. The standard InChI is InChI=1S/C29H32N4O5/c1-36-25-5-3-4-22(27(25)37-2)21-10-11-24(26-23(21)18-31-29(26)35)32-28(34)19-6-8-20(9-7-19)30-12-13-33-14-16-38-17-15-33/h3-11,30H,12-18H2,1-2H3,(H,31,35)(H,32,34). The Kier molecular flexibility index (Phi) is 7.76. The molecular weight excluding hydrogens is 484 g/mol. The van der Waals surface area contributed by atoms with Gasteiger partial charge in [0.05, 0.1) is 38.7 Å². The van der Waals surface area contributed by atoms with Gasteiger partial charge in [0.2, 0.25) is 0 Å². The van der Waals surface area contributed by atoms with Gasteiger partial charge in [-0.05, 0) is 47.5 Å². The summed E-state index contributed by atoms with van der Waals surface area (Å²) in [7, 11) is 3.17. The zero-order valence-electron chi connectivity index (χ0n) is 21.6. The average molecular weight is 517 g/mol. The summed E-state index contributed by atoms with van der Waals surface area (Å²) in [5.41, 5.74) is 4.86. The number of rotatable bonds is 9. The second-order valence-electron chi connectivity index (χ2n) is 9.15. The van der Waals surface area contributed by atoms with Crippen molar-refractivity contribution in [3.8, 4) is 22.6 Å². The Hall–Kier alpha value is -4.08. The topological polar surface area (TPSA) is 101 Å². The van der Waals surface area contributed by atoms with E-state index < -0.39 is 0 Å². The predicted octanol–water partition coefficient (Wildman–Crippen LogP) is 3.61. The molecule has 0 aliphatic carbocycles. The van der Waals surface area contributed by atoms with Crippen LogP contribution in [0.25, 0.3) is 11.1 Å². The number of para-hydroxylation sites is 1. The number of methoxy groups -OCH3 is 2. The number of benzene rings is 3. The van der Waals surface area contributed by atoms with Gasteiger partial charge in [0, 0.05) is 49.5 Å². The lowest BCUT2D eigenvalue weighted by atomic mass is 9.94. The molecule has 38 heavy (non-hydrogen) atoms. The highest BCUT2D eigenvalue weighted by molar-refractivity contribution is 6.11. The number of ether oxygens (including phenoxy) is 3. The summed E-state index contributed by atoms with van der Waals surface area (Å²) in [5.74, 6) is 0.691. The summed E-state index contributed by atoms with van der Waals surface area (Å²) in [6.45, 7) is 5.60. The van der Waals surface area contributed by atoms with Crippen molar-refractivity contribution in [2.45, 2.75) is 6.54 Å². The minimum absolute atomic E-state index is 0.223. The summed E-state index contributed by atoms with van der Waals surface area (Å²) < 4.78 is 16.4.